The average molecular weight is 256 g/mol. The lowest BCUT2D eigenvalue weighted by molar-refractivity contribution is 0.758. The second-order valence-corrected chi connectivity index (χ2v) is 4.97. The zero-order valence-electron chi connectivity index (χ0n) is 11.9. The van der Waals surface area contributed by atoms with Crippen molar-refractivity contribution in [3.63, 3.8) is 0 Å². The molecule has 100 valence electrons. The van der Waals surface area contributed by atoms with E-state index in [2.05, 4.69) is 33.3 Å². The highest BCUT2D eigenvalue weighted by molar-refractivity contribution is 5.40. The van der Waals surface area contributed by atoms with Gasteiger partial charge in [0, 0.05) is 30.0 Å². The van der Waals surface area contributed by atoms with Crippen molar-refractivity contribution in [2.24, 2.45) is 0 Å². The number of hydrogen-bond acceptors (Lipinski definition) is 4. The maximum Gasteiger partial charge on any atom is 0.147 e. The van der Waals surface area contributed by atoms with Gasteiger partial charge in [0.25, 0.3) is 0 Å². The molecule has 0 amide bonds. The van der Waals surface area contributed by atoms with Crippen molar-refractivity contribution in [2.75, 3.05) is 5.32 Å². The van der Waals surface area contributed by atoms with Gasteiger partial charge < -0.3 is 5.32 Å². The molecule has 0 unspecified atom stereocenters. The van der Waals surface area contributed by atoms with E-state index in [-0.39, 0.29) is 6.04 Å². The molecule has 4 heteroatoms. The Balaban J connectivity index is 2.05. The average Bonchev–Trinajstić information content (AvgIpc) is 2.34. The van der Waals surface area contributed by atoms with Gasteiger partial charge in [0.05, 0.1) is 11.4 Å². The summed E-state index contributed by atoms with van der Waals surface area (Å²) in [5, 5.41) is 3.41. The van der Waals surface area contributed by atoms with E-state index < -0.39 is 0 Å². The minimum absolute atomic E-state index is 0.268. The number of aryl methyl sites for hydroxylation is 3. The molecule has 0 spiro atoms. The molecule has 2 aromatic rings. The van der Waals surface area contributed by atoms with Crippen molar-refractivity contribution in [3.8, 4) is 0 Å². The van der Waals surface area contributed by atoms with E-state index in [1.54, 1.807) is 6.20 Å². The van der Waals surface area contributed by atoms with E-state index in [0.29, 0.717) is 0 Å². The molecule has 1 N–H and O–H groups in total. The maximum atomic E-state index is 4.52. The number of nitrogens with one attached hydrogen (secondary N) is 1. The molecule has 0 fully saturated rings. The van der Waals surface area contributed by atoms with E-state index in [4.69, 9.17) is 0 Å². The Kier molecular flexibility index (Phi) is 4.10. The fraction of sp³-hybridized carbons (Fsp3) is 0.400. The van der Waals surface area contributed by atoms with Crippen molar-refractivity contribution in [1.29, 1.82) is 0 Å². The van der Waals surface area contributed by atoms with Crippen LogP contribution in [0.3, 0.4) is 0 Å². The Morgan fingerprint density at radius 2 is 1.89 bits per heavy atom. The second kappa shape index (κ2) is 5.78. The van der Waals surface area contributed by atoms with Gasteiger partial charge >= 0.3 is 0 Å². The molecule has 0 aliphatic heterocycles. The van der Waals surface area contributed by atoms with Gasteiger partial charge in [0.1, 0.15) is 5.82 Å². The van der Waals surface area contributed by atoms with Crippen LogP contribution in [-0.2, 0) is 6.42 Å². The predicted octanol–water partition coefficient (Wildman–Crippen LogP) is 2.84. The molecule has 2 rings (SSSR count). The Bertz CT molecular complexity index is 566. The first-order chi connectivity index (χ1) is 9.04. The van der Waals surface area contributed by atoms with E-state index in [0.717, 1.165) is 35.0 Å². The SMILES string of the molecule is Cc1cccc(C[C@H](C)Nc2nc(C)cnc2C)n1. The topological polar surface area (TPSA) is 50.7 Å². The lowest BCUT2D eigenvalue weighted by Gasteiger charge is -2.16. The maximum absolute atomic E-state index is 4.52. The summed E-state index contributed by atoms with van der Waals surface area (Å²) in [5.74, 6) is 0.861. The molecule has 0 saturated heterocycles. The molecular formula is C15H20N4. The monoisotopic (exact) mass is 256 g/mol. The molecule has 1 atom stereocenters. The van der Waals surface area contributed by atoms with Gasteiger partial charge in [-0.25, -0.2) is 4.98 Å². The lowest BCUT2D eigenvalue weighted by Crippen LogP contribution is -2.20. The quantitative estimate of drug-likeness (QED) is 0.914. The largest absolute Gasteiger partial charge is 0.366 e. The van der Waals surface area contributed by atoms with Crippen LogP contribution >= 0.6 is 0 Å². The first-order valence-corrected chi connectivity index (χ1v) is 6.54. The molecule has 0 radical (unpaired) electrons. The van der Waals surface area contributed by atoms with E-state index in [9.17, 15) is 0 Å². The second-order valence-electron chi connectivity index (χ2n) is 4.97. The van der Waals surface area contributed by atoms with Crippen LogP contribution in [0.1, 0.15) is 29.7 Å². The standard InChI is InChI=1S/C15H20N4/c1-10-6-5-7-14(17-10)8-11(2)18-15-13(4)16-9-12(3)19-15/h5-7,9,11H,8H2,1-4H3,(H,18,19)/t11-/m0/s1. The summed E-state index contributed by atoms with van der Waals surface area (Å²) in [6.07, 6.45) is 2.66. The van der Waals surface area contributed by atoms with Crippen LogP contribution in [0.25, 0.3) is 0 Å². The third-order valence-corrected chi connectivity index (χ3v) is 2.92. The number of hydrogen-bond donors (Lipinski definition) is 1. The van der Waals surface area contributed by atoms with Gasteiger partial charge in [-0.2, -0.15) is 0 Å². The predicted molar refractivity (Wildman–Crippen MR) is 77.3 cm³/mol. The van der Waals surface area contributed by atoms with Gasteiger partial charge in [-0.05, 0) is 39.8 Å². The molecule has 0 aromatic carbocycles. The molecule has 4 nitrogen and oxygen atoms in total. The summed E-state index contributed by atoms with van der Waals surface area (Å²) in [6.45, 7) is 8.06. The fourth-order valence-corrected chi connectivity index (χ4v) is 1.99. The zero-order valence-corrected chi connectivity index (χ0v) is 11.9. The summed E-state index contributed by atoms with van der Waals surface area (Å²) < 4.78 is 0. The van der Waals surface area contributed by atoms with Crippen LogP contribution in [0, 0.1) is 20.8 Å². The summed E-state index contributed by atoms with van der Waals surface area (Å²) >= 11 is 0. The summed E-state index contributed by atoms with van der Waals surface area (Å²) in [5.41, 5.74) is 4.00. The summed E-state index contributed by atoms with van der Waals surface area (Å²) in [4.78, 5) is 13.3. The lowest BCUT2D eigenvalue weighted by atomic mass is 10.1. The summed E-state index contributed by atoms with van der Waals surface area (Å²) in [7, 11) is 0. The van der Waals surface area contributed by atoms with E-state index in [1.807, 2.05) is 32.9 Å². The molecule has 2 heterocycles. The minimum Gasteiger partial charge on any atom is -0.366 e. The smallest absolute Gasteiger partial charge is 0.147 e. The Morgan fingerprint density at radius 3 is 2.63 bits per heavy atom. The molecule has 0 aliphatic carbocycles. The highest BCUT2D eigenvalue weighted by Gasteiger charge is 2.08. The van der Waals surface area contributed by atoms with Crippen molar-refractivity contribution in [3.05, 3.63) is 47.2 Å². The molecular weight excluding hydrogens is 236 g/mol. The highest BCUT2D eigenvalue weighted by Crippen LogP contribution is 2.12. The van der Waals surface area contributed by atoms with Crippen LogP contribution in [0.4, 0.5) is 5.82 Å². The number of aromatic nitrogens is 3. The minimum atomic E-state index is 0.268. The number of pyridine rings is 1. The van der Waals surface area contributed by atoms with Crippen LogP contribution in [0.5, 0.6) is 0 Å². The highest BCUT2D eigenvalue weighted by atomic mass is 15.0. The van der Waals surface area contributed by atoms with Gasteiger partial charge in [0.15, 0.2) is 0 Å². The first-order valence-electron chi connectivity index (χ1n) is 6.54. The van der Waals surface area contributed by atoms with Crippen molar-refractivity contribution >= 4 is 5.82 Å². The van der Waals surface area contributed by atoms with Gasteiger partial charge in [-0.15, -0.1) is 0 Å². The molecule has 19 heavy (non-hydrogen) atoms. The van der Waals surface area contributed by atoms with E-state index in [1.165, 1.54) is 0 Å². The Hall–Kier alpha value is -1.97. The third kappa shape index (κ3) is 3.74. The number of rotatable bonds is 4. The first kappa shape index (κ1) is 13.5. The molecule has 0 bridgehead atoms. The van der Waals surface area contributed by atoms with Crippen LogP contribution < -0.4 is 5.32 Å². The van der Waals surface area contributed by atoms with Gasteiger partial charge in [-0.1, -0.05) is 6.07 Å². The molecule has 0 saturated carbocycles. The summed E-state index contributed by atoms with van der Waals surface area (Å²) in [6, 6.07) is 6.38. The van der Waals surface area contributed by atoms with Crippen molar-refractivity contribution in [1.82, 2.24) is 15.0 Å². The van der Waals surface area contributed by atoms with Gasteiger partial charge in [0.2, 0.25) is 0 Å². The Labute approximate surface area is 114 Å². The number of anilines is 1. The van der Waals surface area contributed by atoms with Crippen LogP contribution in [-0.4, -0.2) is 21.0 Å². The van der Waals surface area contributed by atoms with Crippen molar-refractivity contribution in [2.45, 2.75) is 40.2 Å². The third-order valence-electron chi connectivity index (χ3n) is 2.92. The van der Waals surface area contributed by atoms with E-state index >= 15 is 0 Å². The zero-order chi connectivity index (χ0) is 13.8. The molecule has 2 aromatic heterocycles. The Morgan fingerprint density at radius 1 is 1.11 bits per heavy atom. The molecule has 0 aliphatic rings. The van der Waals surface area contributed by atoms with Crippen LogP contribution in [0.15, 0.2) is 24.4 Å². The normalized spacial score (nSPS) is 12.2. The van der Waals surface area contributed by atoms with Crippen molar-refractivity contribution < 1.29 is 0 Å². The van der Waals surface area contributed by atoms with Gasteiger partial charge in [-0.3, -0.25) is 9.97 Å². The van der Waals surface area contributed by atoms with Crippen LogP contribution in [0.2, 0.25) is 0 Å². The fourth-order valence-electron chi connectivity index (χ4n) is 1.99. The number of nitrogens with zero attached hydrogens (tertiary/aromatic N) is 3.